The van der Waals surface area contributed by atoms with E-state index >= 15 is 0 Å². The maximum absolute atomic E-state index is 9.32. The predicted molar refractivity (Wildman–Crippen MR) is 64.8 cm³/mol. The smallest absolute Gasteiger partial charge is 0.142 e. The molecule has 96 valence electrons. The Labute approximate surface area is 105 Å². The van der Waals surface area contributed by atoms with Crippen LogP contribution in [0.5, 0.6) is 0 Å². The van der Waals surface area contributed by atoms with Crippen LogP contribution in [0.2, 0.25) is 0 Å². The molecule has 0 unspecified atom stereocenters. The normalized spacial score (nSPS) is 10.6. The summed E-state index contributed by atoms with van der Waals surface area (Å²) in [6, 6.07) is 3.48. The summed E-state index contributed by atoms with van der Waals surface area (Å²) in [6.45, 7) is 2.61. The molecule has 0 bridgehead atoms. The van der Waals surface area contributed by atoms with E-state index in [0.717, 1.165) is 10.3 Å². The minimum Gasteiger partial charge on any atom is -0.428 e. The van der Waals surface area contributed by atoms with Crippen molar-refractivity contribution < 1.29 is 19.4 Å². The molecule has 0 aliphatic rings. The zero-order chi connectivity index (χ0) is 12.5. The van der Waals surface area contributed by atoms with E-state index in [-0.39, 0.29) is 0 Å². The van der Waals surface area contributed by atoms with Gasteiger partial charge in [0.25, 0.3) is 0 Å². The van der Waals surface area contributed by atoms with Crippen LogP contribution in [-0.2, 0) is 20.8 Å². The van der Waals surface area contributed by atoms with Crippen molar-refractivity contribution in [3.05, 3.63) is 28.5 Å². The van der Waals surface area contributed by atoms with Crippen LogP contribution in [0.3, 0.4) is 0 Å². The molecule has 0 spiro atoms. The quantitative estimate of drug-likeness (QED) is 0.437. The third-order valence-corrected chi connectivity index (χ3v) is 2.35. The Kier molecular flexibility index (Phi) is 6.80. The zero-order valence-electron chi connectivity index (χ0n) is 9.80. The van der Waals surface area contributed by atoms with Gasteiger partial charge in [-0.2, -0.15) is 4.73 Å². The molecule has 1 aromatic rings. The molecule has 0 atom stereocenters. The van der Waals surface area contributed by atoms with E-state index in [0.29, 0.717) is 37.7 Å². The van der Waals surface area contributed by atoms with E-state index in [1.807, 2.05) is 6.07 Å². The highest BCUT2D eigenvalue weighted by Crippen LogP contribution is 2.01. The monoisotopic (exact) mass is 259 g/mol. The van der Waals surface area contributed by atoms with Crippen molar-refractivity contribution in [3.63, 3.8) is 0 Å². The van der Waals surface area contributed by atoms with Crippen LogP contribution in [0.25, 0.3) is 0 Å². The Morgan fingerprint density at radius 1 is 1.18 bits per heavy atom. The summed E-state index contributed by atoms with van der Waals surface area (Å²) < 4.78 is 16.7. The number of aromatic nitrogens is 1. The van der Waals surface area contributed by atoms with E-state index < -0.39 is 0 Å². The molecule has 0 aromatic carbocycles. The van der Waals surface area contributed by atoms with Crippen molar-refractivity contribution in [3.8, 4) is 0 Å². The first kappa shape index (κ1) is 14.1. The van der Waals surface area contributed by atoms with Gasteiger partial charge in [0, 0.05) is 7.11 Å². The molecule has 6 heteroatoms. The lowest BCUT2D eigenvalue weighted by Gasteiger charge is -2.06. The number of hydrogen-bond donors (Lipinski definition) is 1. The van der Waals surface area contributed by atoms with Gasteiger partial charge < -0.3 is 19.4 Å². The average molecular weight is 259 g/mol. The SMILES string of the molecule is COCCOCCOCc1ccc(=S)n(O)c1. The van der Waals surface area contributed by atoms with Crippen molar-refractivity contribution in [2.24, 2.45) is 0 Å². The van der Waals surface area contributed by atoms with Gasteiger partial charge in [0.1, 0.15) is 4.64 Å². The highest BCUT2D eigenvalue weighted by Gasteiger charge is 1.96. The minimum atomic E-state index is 0.372. The highest BCUT2D eigenvalue weighted by molar-refractivity contribution is 7.71. The van der Waals surface area contributed by atoms with E-state index in [1.54, 1.807) is 13.2 Å². The Morgan fingerprint density at radius 3 is 2.59 bits per heavy atom. The number of nitrogens with zero attached hydrogens (tertiary/aromatic N) is 1. The van der Waals surface area contributed by atoms with Crippen molar-refractivity contribution in [1.29, 1.82) is 0 Å². The summed E-state index contributed by atoms with van der Waals surface area (Å²) in [4.78, 5) is 0. The summed E-state index contributed by atoms with van der Waals surface area (Å²) in [6.07, 6.45) is 1.54. The number of methoxy groups -OCH3 is 1. The number of rotatable bonds is 8. The molecule has 0 saturated carbocycles. The molecule has 0 fully saturated rings. The molecule has 5 nitrogen and oxygen atoms in total. The highest BCUT2D eigenvalue weighted by atomic mass is 32.1. The van der Waals surface area contributed by atoms with Crippen LogP contribution >= 0.6 is 12.2 Å². The van der Waals surface area contributed by atoms with Gasteiger partial charge in [0.15, 0.2) is 0 Å². The van der Waals surface area contributed by atoms with Crippen LogP contribution < -0.4 is 0 Å². The maximum Gasteiger partial charge on any atom is 0.142 e. The van der Waals surface area contributed by atoms with Crippen molar-refractivity contribution >= 4 is 12.2 Å². The van der Waals surface area contributed by atoms with Gasteiger partial charge in [-0.05, 0) is 11.6 Å². The Balaban J connectivity index is 2.14. The summed E-state index contributed by atoms with van der Waals surface area (Å²) >= 11 is 4.85. The lowest BCUT2D eigenvalue weighted by molar-refractivity contribution is 0.0195. The van der Waals surface area contributed by atoms with Gasteiger partial charge >= 0.3 is 0 Å². The van der Waals surface area contributed by atoms with Crippen molar-refractivity contribution in [2.75, 3.05) is 33.5 Å². The molecule has 1 rings (SSSR count). The first-order chi connectivity index (χ1) is 8.24. The van der Waals surface area contributed by atoms with Crippen LogP contribution in [0.4, 0.5) is 0 Å². The first-order valence-electron chi connectivity index (χ1n) is 5.29. The molecule has 0 amide bonds. The van der Waals surface area contributed by atoms with Gasteiger partial charge in [0.2, 0.25) is 0 Å². The van der Waals surface area contributed by atoms with Crippen LogP contribution in [0.1, 0.15) is 5.56 Å². The minimum absolute atomic E-state index is 0.372. The molecular weight excluding hydrogens is 242 g/mol. The zero-order valence-corrected chi connectivity index (χ0v) is 10.6. The molecule has 0 aliphatic carbocycles. The van der Waals surface area contributed by atoms with Crippen molar-refractivity contribution in [1.82, 2.24) is 4.73 Å². The van der Waals surface area contributed by atoms with E-state index in [2.05, 4.69) is 0 Å². The topological polar surface area (TPSA) is 52.9 Å². The van der Waals surface area contributed by atoms with Gasteiger partial charge in [-0.1, -0.05) is 18.3 Å². The van der Waals surface area contributed by atoms with Gasteiger partial charge in [-0.15, -0.1) is 0 Å². The van der Waals surface area contributed by atoms with E-state index in [9.17, 15) is 5.21 Å². The number of hydrogen-bond acceptors (Lipinski definition) is 5. The Morgan fingerprint density at radius 2 is 1.88 bits per heavy atom. The predicted octanol–water partition coefficient (Wildman–Crippen LogP) is 1.63. The first-order valence-corrected chi connectivity index (χ1v) is 5.70. The molecule has 0 saturated heterocycles. The van der Waals surface area contributed by atoms with Crippen molar-refractivity contribution in [2.45, 2.75) is 6.61 Å². The Bertz CT molecular complexity index is 380. The van der Waals surface area contributed by atoms with Gasteiger partial charge in [-0.25, -0.2) is 0 Å². The fourth-order valence-electron chi connectivity index (χ4n) is 1.16. The summed E-state index contributed by atoms with van der Waals surface area (Å²) in [5.41, 5.74) is 0.859. The van der Waals surface area contributed by atoms with Crippen LogP contribution in [0, 0.1) is 4.64 Å². The van der Waals surface area contributed by atoms with Gasteiger partial charge in [0.05, 0.1) is 39.2 Å². The summed E-state index contributed by atoms with van der Waals surface area (Å²) in [5, 5.41) is 9.32. The van der Waals surface area contributed by atoms with E-state index in [1.165, 1.54) is 6.20 Å². The lowest BCUT2D eigenvalue weighted by Crippen LogP contribution is -2.08. The molecule has 1 N–H and O–H groups in total. The molecular formula is C11H17NO4S. The van der Waals surface area contributed by atoms with Gasteiger partial charge in [-0.3, -0.25) is 0 Å². The molecule has 17 heavy (non-hydrogen) atoms. The average Bonchev–Trinajstić information content (AvgIpc) is 2.32. The third kappa shape index (κ3) is 5.78. The Hall–Kier alpha value is -0.950. The second-order valence-corrected chi connectivity index (χ2v) is 3.80. The second kappa shape index (κ2) is 8.19. The summed E-state index contributed by atoms with van der Waals surface area (Å²) in [7, 11) is 1.63. The molecule has 1 heterocycles. The number of ether oxygens (including phenoxy) is 3. The third-order valence-electron chi connectivity index (χ3n) is 2.03. The maximum atomic E-state index is 9.32. The lowest BCUT2D eigenvalue weighted by atomic mass is 10.3. The van der Waals surface area contributed by atoms with E-state index in [4.69, 9.17) is 26.4 Å². The number of pyridine rings is 1. The molecule has 0 aliphatic heterocycles. The summed E-state index contributed by atoms with van der Waals surface area (Å²) in [5.74, 6) is 0. The van der Waals surface area contributed by atoms with Crippen LogP contribution in [0.15, 0.2) is 18.3 Å². The second-order valence-electron chi connectivity index (χ2n) is 3.38. The largest absolute Gasteiger partial charge is 0.428 e. The fraction of sp³-hybridized carbons (Fsp3) is 0.545. The molecule has 1 aromatic heterocycles. The van der Waals surface area contributed by atoms with Crippen LogP contribution in [-0.4, -0.2) is 43.5 Å². The standard InChI is InChI=1S/C11H17NO4S/c1-14-4-5-15-6-7-16-9-10-2-3-11(17)12(13)8-10/h2-3,8,13H,4-7,9H2,1H3. The molecule has 0 radical (unpaired) electrons. The fourth-order valence-corrected chi connectivity index (χ4v) is 1.28.